The zero-order valence-corrected chi connectivity index (χ0v) is 8.32. The van der Waals surface area contributed by atoms with Crippen molar-refractivity contribution in [3.05, 3.63) is 46.8 Å². The number of nitrogens with one attached hydrogen (secondary N) is 1. The molecule has 70 valence electrons. The Bertz CT molecular complexity index is 433. The van der Waals surface area contributed by atoms with Crippen LogP contribution in [0.3, 0.4) is 0 Å². The molecular weight excluding hydrogens is 209 g/mol. The summed E-state index contributed by atoms with van der Waals surface area (Å²) < 4.78 is 0. The Balaban J connectivity index is 0.000000720. The summed E-state index contributed by atoms with van der Waals surface area (Å²) in [6.07, 6.45) is 1.66. The van der Waals surface area contributed by atoms with Crippen molar-refractivity contribution < 1.29 is 0 Å². The van der Waals surface area contributed by atoms with Gasteiger partial charge >= 0.3 is 0 Å². The van der Waals surface area contributed by atoms with Gasteiger partial charge in [-0.25, -0.2) is 0 Å². The highest BCUT2D eigenvalue weighted by atomic mass is 35.5. The quantitative estimate of drug-likeness (QED) is 0.723. The van der Waals surface area contributed by atoms with Gasteiger partial charge < -0.3 is 4.98 Å². The lowest BCUT2D eigenvalue weighted by Gasteiger charge is -1.92. The molecule has 0 saturated heterocycles. The molecule has 2 aromatic rings. The number of para-hydroxylation sites is 1. The van der Waals surface area contributed by atoms with E-state index in [9.17, 15) is 4.79 Å². The average molecular weight is 218 g/mol. The summed E-state index contributed by atoms with van der Waals surface area (Å²) in [6.45, 7) is 0. The summed E-state index contributed by atoms with van der Waals surface area (Å²) in [5.74, 6) is 0. The molecule has 0 atom stereocenters. The van der Waals surface area contributed by atoms with E-state index in [1.54, 1.807) is 6.20 Å². The van der Waals surface area contributed by atoms with E-state index < -0.39 is 0 Å². The molecule has 1 N–H and O–H groups in total. The van der Waals surface area contributed by atoms with Gasteiger partial charge in [0.15, 0.2) is 5.43 Å². The summed E-state index contributed by atoms with van der Waals surface area (Å²) in [6, 6.07) is 8.99. The number of aromatic nitrogens is 1. The maximum atomic E-state index is 11.2. The second-order valence-electron chi connectivity index (χ2n) is 2.39. The number of pyridine rings is 1. The van der Waals surface area contributed by atoms with Gasteiger partial charge in [-0.05, 0) is 12.1 Å². The first-order valence-electron chi connectivity index (χ1n) is 3.44. The first-order valence-corrected chi connectivity index (χ1v) is 3.44. The molecular formula is C9H9Cl2NO. The average Bonchev–Trinajstić information content (AvgIpc) is 2.06. The van der Waals surface area contributed by atoms with E-state index >= 15 is 0 Å². The maximum Gasteiger partial charge on any atom is 0.189 e. The third-order valence-corrected chi connectivity index (χ3v) is 1.67. The van der Waals surface area contributed by atoms with E-state index in [4.69, 9.17) is 0 Å². The molecule has 0 aliphatic heterocycles. The number of aromatic amines is 1. The minimum absolute atomic E-state index is 0. The zero-order valence-electron chi connectivity index (χ0n) is 6.69. The SMILES string of the molecule is Cl.Cl.O=c1cc[nH]c2ccccc12. The highest BCUT2D eigenvalue weighted by molar-refractivity contribution is 5.85. The Hall–Kier alpha value is -0.990. The van der Waals surface area contributed by atoms with Crippen molar-refractivity contribution in [1.82, 2.24) is 4.98 Å². The monoisotopic (exact) mass is 217 g/mol. The van der Waals surface area contributed by atoms with E-state index in [0.29, 0.717) is 0 Å². The number of H-pyrrole nitrogens is 1. The fourth-order valence-corrected chi connectivity index (χ4v) is 1.12. The third-order valence-electron chi connectivity index (χ3n) is 1.67. The van der Waals surface area contributed by atoms with Gasteiger partial charge in [-0.15, -0.1) is 24.8 Å². The summed E-state index contributed by atoms with van der Waals surface area (Å²) in [7, 11) is 0. The van der Waals surface area contributed by atoms with Gasteiger partial charge in [0, 0.05) is 23.2 Å². The molecule has 0 aliphatic carbocycles. The minimum Gasteiger partial charge on any atom is -0.361 e. The normalized spacial score (nSPS) is 8.62. The van der Waals surface area contributed by atoms with Crippen LogP contribution in [0.25, 0.3) is 10.9 Å². The lowest BCUT2D eigenvalue weighted by Crippen LogP contribution is -1.98. The van der Waals surface area contributed by atoms with Crippen LogP contribution in [0.15, 0.2) is 41.3 Å². The van der Waals surface area contributed by atoms with Crippen LogP contribution < -0.4 is 5.43 Å². The molecule has 13 heavy (non-hydrogen) atoms. The lowest BCUT2D eigenvalue weighted by molar-refractivity contribution is 1.39. The molecule has 0 aliphatic rings. The first-order chi connectivity index (χ1) is 5.38. The van der Waals surface area contributed by atoms with Crippen molar-refractivity contribution in [1.29, 1.82) is 0 Å². The minimum atomic E-state index is 0. The van der Waals surface area contributed by atoms with Crippen molar-refractivity contribution in [2.24, 2.45) is 0 Å². The predicted molar refractivity (Wildman–Crippen MR) is 59.1 cm³/mol. The molecule has 0 spiro atoms. The number of hydrogen-bond acceptors (Lipinski definition) is 1. The van der Waals surface area contributed by atoms with Gasteiger partial charge in [0.05, 0.1) is 0 Å². The molecule has 0 bridgehead atoms. The Morgan fingerprint density at radius 2 is 1.69 bits per heavy atom. The molecule has 0 unspecified atom stereocenters. The molecule has 1 heterocycles. The Labute approximate surface area is 87.8 Å². The van der Waals surface area contributed by atoms with Crippen molar-refractivity contribution in [3.63, 3.8) is 0 Å². The van der Waals surface area contributed by atoms with Crippen LogP contribution in [-0.2, 0) is 0 Å². The number of benzene rings is 1. The van der Waals surface area contributed by atoms with Crippen LogP contribution >= 0.6 is 24.8 Å². The molecule has 0 amide bonds. The van der Waals surface area contributed by atoms with Gasteiger partial charge in [-0.2, -0.15) is 0 Å². The number of rotatable bonds is 0. The summed E-state index contributed by atoms with van der Waals surface area (Å²) >= 11 is 0. The van der Waals surface area contributed by atoms with Crippen LogP contribution in [0.5, 0.6) is 0 Å². The van der Waals surface area contributed by atoms with Crippen LogP contribution in [0, 0.1) is 0 Å². The van der Waals surface area contributed by atoms with E-state index in [1.807, 2.05) is 24.3 Å². The third kappa shape index (κ3) is 2.23. The molecule has 0 saturated carbocycles. The van der Waals surface area contributed by atoms with Gasteiger partial charge in [-0.3, -0.25) is 4.79 Å². The summed E-state index contributed by atoms with van der Waals surface area (Å²) in [5.41, 5.74) is 0.958. The molecule has 0 fully saturated rings. The van der Waals surface area contributed by atoms with Gasteiger partial charge in [-0.1, -0.05) is 12.1 Å². The largest absolute Gasteiger partial charge is 0.361 e. The molecule has 2 nitrogen and oxygen atoms in total. The van der Waals surface area contributed by atoms with Crippen molar-refractivity contribution in [2.75, 3.05) is 0 Å². The van der Waals surface area contributed by atoms with Crippen LogP contribution in [-0.4, -0.2) is 4.98 Å². The van der Waals surface area contributed by atoms with E-state index in [-0.39, 0.29) is 30.2 Å². The molecule has 2 rings (SSSR count). The topological polar surface area (TPSA) is 32.9 Å². The van der Waals surface area contributed by atoms with E-state index in [1.165, 1.54) is 6.07 Å². The Kier molecular flexibility index (Phi) is 4.52. The molecule has 4 heteroatoms. The van der Waals surface area contributed by atoms with E-state index in [0.717, 1.165) is 10.9 Å². The maximum absolute atomic E-state index is 11.2. The Morgan fingerprint density at radius 1 is 1.00 bits per heavy atom. The number of halogens is 2. The summed E-state index contributed by atoms with van der Waals surface area (Å²) in [5, 5.41) is 0.745. The van der Waals surface area contributed by atoms with Gasteiger partial charge in [0.2, 0.25) is 0 Å². The highest BCUT2D eigenvalue weighted by Crippen LogP contribution is 2.03. The predicted octanol–water partition coefficient (Wildman–Crippen LogP) is 2.37. The molecule has 1 aromatic carbocycles. The Morgan fingerprint density at radius 3 is 2.38 bits per heavy atom. The second-order valence-corrected chi connectivity index (χ2v) is 2.39. The number of hydrogen-bond donors (Lipinski definition) is 1. The second kappa shape index (κ2) is 4.90. The fourth-order valence-electron chi connectivity index (χ4n) is 1.12. The van der Waals surface area contributed by atoms with E-state index in [2.05, 4.69) is 4.98 Å². The van der Waals surface area contributed by atoms with Crippen molar-refractivity contribution >= 4 is 35.7 Å². The number of fused-ring (bicyclic) bond motifs is 1. The zero-order chi connectivity index (χ0) is 7.68. The standard InChI is InChI=1S/C9H7NO.2ClH/c11-9-5-6-10-8-4-2-1-3-7(8)9;;/h1-6H,(H,10,11);2*1H. The first kappa shape index (κ1) is 12.0. The fraction of sp³-hybridized carbons (Fsp3) is 0. The van der Waals surface area contributed by atoms with Crippen LogP contribution in [0.4, 0.5) is 0 Å². The van der Waals surface area contributed by atoms with Gasteiger partial charge in [0.25, 0.3) is 0 Å². The van der Waals surface area contributed by atoms with Crippen LogP contribution in [0.1, 0.15) is 0 Å². The molecule has 1 aromatic heterocycles. The molecule has 0 radical (unpaired) electrons. The summed E-state index contributed by atoms with van der Waals surface area (Å²) in [4.78, 5) is 14.2. The van der Waals surface area contributed by atoms with Crippen molar-refractivity contribution in [3.8, 4) is 0 Å². The highest BCUT2D eigenvalue weighted by Gasteiger charge is 1.92. The van der Waals surface area contributed by atoms with Crippen molar-refractivity contribution in [2.45, 2.75) is 0 Å². The van der Waals surface area contributed by atoms with Gasteiger partial charge in [0.1, 0.15) is 0 Å². The van der Waals surface area contributed by atoms with Crippen LogP contribution in [0.2, 0.25) is 0 Å². The smallest absolute Gasteiger partial charge is 0.189 e. The lowest BCUT2D eigenvalue weighted by atomic mass is 10.2.